The van der Waals surface area contributed by atoms with Crippen molar-refractivity contribution in [3.05, 3.63) is 17.5 Å². The molecule has 1 amide bonds. The molecule has 1 saturated heterocycles. The zero-order chi connectivity index (χ0) is 8.77. The van der Waals surface area contributed by atoms with E-state index in [2.05, 4.69) is 5.32 Å². The molecular weight excluding hydrogens is 431 g/mol. The smallest absolute Gasteiger partial charge is 0.157 e. The third-order valence-electron chi connectivity index (χ3n) is 2.30. The summed E-state index contributed by atoms with van der Waals surface area (Å²) in [6, 6.07) is 0. The molecule has 1 unspecified atom stereocenters. The average Bonchev–Trinajstić information content (AvgIpc) is 1.93. The Kier molecular flexibility index (Phi) is 5.34. The molecule has 0 bridgehead atoms. The molecule has 0 aromatic heterocycles. The number of ketones is 1. The zero-order valence-electron chi connectivity index (χ0n) is 7.34. The summed E-state index contributed by atoms with van der Waals surface area (Å²) >= 11 is 0. The van der Waals surface area contributed by atoms with E-state index in [1.165, 1.54) is 12.2 Å². The summed E-state index contributed by atoms with van der Waals surface area (Å²) in [6.07, 6.45) is 2.42. The third-order valence-corrected chi connectivity index (χ3v) is 2.30. The van der Waals surface area contributed by atoms with Gasteiger partial charge in [-0.2, -0.15) is 0 Å². The van der Waals surface area contributed by atoms with Crippen LogP contribution in [0.3, 0.4) is 0 Å². The second kappa shape index (κ2) is 5.11. The molecule has 1 heterocycles. The second-order valence-corrected chi connectivity index (χ2v) is 3.19. The van der Waals surface area contributed by atoms with Crippen molar-refractivity contribution in [2.75, 3.05) is 0 Å². The van der Waals surface area contributed by atoms with E-state index < -0.39 is 11.6 Å². The number of rotatable bonds is 0. The van der Waals surface area contributed by atoms with Gasteiger partial charge in [-0.3, -0.25) is 4.79 Å². The Balaban J connectivity index is 0.000000845. The van der Waals surface area contributed by atoms with Crippen molar-refractivity contribution in [1.29, 1.82) is 0 Å². The number of carbonyl (C=O) groups excluding carboxylic acids is 2. The summed E-state index contributed by atoms with van der Waals surface area (Å²) in [5.41, 5.74) is -0.759. The van der Waals surface area contributed by atoms with Gasteiger partial charge in [0.25, 0.3) is 0 Å². The number of nitrogens with zero attached hydrogens (tertiary/aromatic N) is 1. The van der Waals surface area contributed by atoms with Crippen molar-refractivity contribution in [2.24, 2.45) is 0 Å². The van der Waals surface area contributed by atoms with Crippen LogP contribution in [-0.2, 0) is 63.4 Å². The first kappa shape index (κ1) is 14.6. The maximum Gasteiger partial charge on any atom is 0.157 e. The van der Waals surface area contributed by atoms with Gasteiger partial charge in [-0.25, -0.2) is 0 Å². The number of aliphatic hydroxyl groups is 1. The van der Waals surface area contributed by atoms with Gasteiger partial charge in [-0.15, -0.1) is 0 Å². The predicted octanol–water partition coefficient (Wildman–Crippen LogP) is -0.0859. The maximum absolute atomic E-state index is 10.8. The van der Waals surface area contributed by atoms with Crippen molar-refractivity contribution in [3.8, 4) is 0 Å². The Labute approximate surface area is 121 Å². The molecule has 1 aliphatic carbocycles. The molecule has 14 heavy (non-hydrogen) atoms. The number of carbonyl (C=O) groups is 2. The molecule has 4 nitrogen and oxygen atoms in total. The van der Waals surface area contributed by atoms with E-state index in [1.54, 1.807) is 0 Å². The van der Waals surface area contributed by atoms with Crippen LogP contribution < -0.4 is 0 Å². The normalized spacial score (nSPS) is 33.9. The van der Waals surface area contributed by atoms with Crippen LogP contribution in [0.25, 0.3) is 5.32 Å². The molecule has 1 N–H and O–H groups in total. The van der Waals surface area contributed by atoms with Gasteiger partial charge in [0.1, 0.15) is 0 Å². The number of amides is 1. The van der Waals surface area contributed by atoms with Crippen LogP contribution in [0.2, 0.25) is 0 Å². The van der Waals surface area contributed by atoms with Crippen LogP contribution in [0.4, 0.5) is 0 Å². The van der Waals surface area contributed by atoms with Crippen molar-refractivity contribution in [2.45, 2.75) is 24.5 Å². The first-order chi connectivity index (χ1) is 5.62. The van der Waals surface area contributed by atoms with Crippen molar-refractivity contribution in [1.82, 2.24) is 0 Å². The second-order valence-electron chi connectivity index (χ2n) is 3.19. The van der Waals surface area contributed by atoms with Crippen molar-refractivity contribution >= 4 is 11.7 Å². The predicted molar refractivity (Wildman–Crippen MR) is 40.5 cm³/mol. The summed E-state index contributed by atoms with van der Waals surface area (Å²) in [5, 5.41) is 13.1. The molecule has 1 aliphatic heterocycles. The molecule has 6 heteroatoms. The van der Waals surface area contributed by atoms with E-state index in [4.69, 9.17) is 0 Å². The monoisotopic (exact) mass is 439 g/mol. The fourth-order valence-corrected chi connectivity index (χ4v) is 1.53. The van der Waals surface area contributed by atoms with Gasteiger partial charge < -0.3 is 15.2 Å². The molecule has 2 atom stereocenters. The Morgan fingerprint density at radius 2 is 2.07 bits per heavy atom. The summed E-state index contributed by atoms with van der Waals surface area (Å²) in [7, 11) is 0. The van der Waals surface area contributed by atoms with Gasteiger partial charge in [-0.05, 0) is 12.5 Å². The molecule has 0 saturated carbocycles. The van der Waals surface area contributed by atoms with Crippen LogP contribution in [0.15, 0.2) is 12.2 Å². The fourth-order valence-electron chi connectivity index (χ4n) is 1.53. The van der Waals surface area contributed by atoms with Gasteiger partial charge in [-0.1, -0.05) is 11.6 Å². The molecule has 1 radical (unpaired) electrons. The minimum absolute atomic E-state index is 0. The van der Waals surface area contributed by atoms with Gasteiger partial charge in [0.15, 0.2) is 5.78 Å². The van der Waals surface area contributed by atoms with E-state index in [-0.39, 0.29) is 78.3 Å². The largest absolute Gasteiger partial charge is 0.643 e. The van der Waals surface area contributed by atoms with Crippen LogP contribution in [0, 0.1) is 0 Å². The topological polar surface area (TPSA) is 68.5 Å². The number of aliphatic hydroxyl groups excluding tert-OH is 1. The minimum atomic E-state index is -0.812. The summed E-state index contributed by atoms with van der Waals surface area (Å²) in [6.45, 7) is 0. The molecule has 0 aromatic rings. The Bertz CT molecular complexity index is 284. The Morgan fingerprint density at radius 1 is 1.50 bits per heavy atom. The number of β-lactam (4-membered cyclic amide) rings is 1. The molecule has 2 rings (SSSR count). The fraction of sp³-hybridized carbons (Fsp3) is 0.500. The van der Waals surface area contributed by atoms with E-state index in [1.807, 2.05) is 0 Å². The SMILES string of the molecule is O=C1C=CC2(CC(=O)[N-]2)[C@H](O)C1.[W].[Y]. The summed E-state index contributed by atoms with van der Waals surface area (Å²) in [4.78, 5) is 21.4. The van der Waals surface area contributed by atoms with E-state index in [0.29, 0.717) is 0 Å². The molecule has 1 spiro atoms. The van der Waals surface area contributed by atoms with Crippen molar-refractivity contribution < 1.29 is 68.5 Å². The van der Waals surface area contributed by atoms with Crippen LogP contribution in [0.1, 0.15) is 12.8 Å². The molecular formula is C8H8NO3WY-. The van der Waals surface area contributed by atoms with Gasteiger partial charge >= 0.3 is 0 Å². The van der Waals surface area contributed by atoms with E-state index in [0.717, 1.165) is 0 Å². The Hall–Kier alpha value is 0.632. The number of allylic oxidation sites excluding steroid dienone is 1. The van der Waals surface area contributed by atoms with E-state index in [9.17, 15) is 14.7 Å². The first-order valence-electron chi connectivity index (χ1n) is 3.78. The zero-order valence-corrected chi connectivity index (χ0v) is 13.1. The van der Waals surface area contributed by atoms with Crippen LogP contribution in [-0.4, -0.2) is 28.4 Å². The van der Waals surface area contributed by atoms with E-state index >= 15 is 0 Å². The summed E-state index contributed by atoms with van der Waals surface area (Å²) < 4.78 is 0. The van der Waals surface area contributed by atoms with Gasteiger partial charge in [0, 0.05) is 60.2 Å². The number of hydrogen-bond donors (Lipinski definition) is 1. The minimum Gasteiger partial charge on any atom is -0.643 e. The molecule has 73 valence electrons. The first-order valence-corrected chi connectivity index (χ1v) is 3.78. The third kappa shape index (κ3) is 2.41. The summed E-state index contributed by atoms with van der Waals surface area (Å²) in [5.74, 6) is -0.310. The number of hydrogen-bond acceptors (Lipinski definition) is 3. The maximum atomic E-state index is 10.8. The van der Waals surface area contributed by atoms with Crippen molar-refractivity contribution in [3.63, 3.8) is 0 Å². The van der Waals surface area contributed by atoms with Crippen LogP contribution in [0.5, 0.6) is 0 Å². The van der Waals surface area contributed by atoms with Gasteiger partial charge in [0.2, 0.25) is 0 Å². The molecule has 1 fully saturated rings. The average molecular weight is 439 g/mol. The van der Waals surface area contributed by atoms with Gasteiger partial charge in [0.05, 0.1) is 12.0 Å². The Morgan fingerprint density at radius 3 is 2.50 bits per heavy atom. The standard InChI is InChI=1S/C8H9NO3.W.Y/c10-5-1-2-8(6(11)3-5)4-7(12)9-8;;/h1-2,6,11H,3-4H2,(H,9,12);;/p-1/t6-,8?;;/m1../s1. The molecule has 2 aliphatic rings. The quantitative estimate of drug-likeness (QED) is 0.538. The molecule has 0 aromatic carbocycles. The van der Waals surface area contributed by atoms with Crippen LogP contribution >= 0.6 is 0 Å².